The summed E-state index contributed by atoms with van der Waals surface area (Å²) in [6.07, 6.45) is 3.88. The van der Waals surface area contributed by atoms with Crippen molar-refractivity contribution in [2.75, 3.05) is 6.54 Å². The summed E-state index contributed by atoms with van der Waals surface area (Å²) in [6.45, 7) is 1.07. The maximum Gasteiger partial charge on any atom is 0.309 e. The number of carbonyl (C=O) groups is 2. The average molecular weight is 342 g/mol. The first kappa shape index (κ1) is 16.1. The highest BCUT2D eigenvalue weighted by molar-refractivity contribution is 5.84. The zero-order chi connectivity index (χ0) is 17.5. The molecule has 1 amide bonds. The molecule has 3 fully saturated rings. The van der Waals surface area contributed by atoms with Crippen LogP contribution in [0.1, 0.15) is 38.5 Å². The van der Waals surface area contributed by atoms with Gasteiger partial charge in [0.2, 0.25) is 5.91 Å². The third kappa shape index (κ3) is 2.58. The van der Waals surface area contributed by atoms with E-state index in [0.717, 1.165) is 11.0 Å². The standard InChI is InChI=1S/C18H22N4O3/c23-15(17-5-8-18(9-6-17,10-7-17)16(24)25)19-11-12-22-14-4-2-1-3-13(14)20-21-22/h1-4H,5-12H2,(H,19,23)(H,24,25). The van der Waals surface area contributed by atoms with Crippen molar-refractivity contribution >= 4 is 22.9 Å². The number of fused-ring (bicyclic) bond motifs is 4. The van der Waals surface area contributed by atoms with Crippen molar-refractivity contribution < 1.29 is 14.7 Å². The number of carboxylic acid groups (broad SMARTS) is 1. The molecule has 0 saturated heterocycles. The monoisotopic (exact) mass is 342 g/mol. The zero-order valence-corrected chi connectivity index (χ0v) is 14.1. The molecule has 3 saturated carbocycles. The zero-order valence-electron chi connectivity index (χ0n) is 14.1. The number of amides is 1. The van der Waals surface area contributed by atoms with Crippen LogP contribution in [0.2, 0.25) is 0 Å². The Bertz CT molecular complexity index is 804. The second kappa shape index (κ2) is 5.82. The number of para-hydroxylation sites is 1. The lowest BCUT2D eigenvalue weighted by atomic mass is 9.53. The lowest BCUT2D eigenvalue weighted by Crippen LogP contribution is -2.52. The van der Waals surface area contributed by atoms with E-state index in [1.165, 1.54) is 0 Å². The van der Waals surface area contributed by atoms with Crippen LogP contribution in [0.25, 0.3) is 11.0 Å². The van der Waals surface area contributed by atoms with Crippen LogP contribution in [0.3, 0.4) is 0 Å². The van der Waals surface area contributed by atoms with E-state index in [-0.39, 0.29) is 11.3 Å². The molecule has 1 aromatic heterocycles. The van der Waals surface area contributed by atoms with Crippen LogP contribution < -0.4 is 5.32 Å². The highest BCUT2D eigenvalue weighted by Crippen LogP contribution is 2.57. The van der Waals surface area contributed by atoms with Crippen LogP contribution in [-0.2, 0) is 16.1 Å². The maximum atomic E-state index is 12.7. The normalized spacial score (nSPS) is 28.2. The molecule has 2 bridgehead atoms. The molecule has 2 aromatic rings. The summed E-state index contributed by atoms with van der Waals surface area (Å²) >= 11 is 0. The van der Waals surface area contributed by atoms with Gasteiger partial charge in [-0.15, -0.1) is 5.10 Å². The third-order valence-corrected chi connectivity index (χ3v) is 6.21. The van der Waals surface area contributed by atoms with Crippen molar-refractivity contribution in [3.05, 3.63) is 24.3 Å². The molecule has 0 unspecified atom stereocenters. The van der Waals surface area contributed by atoms with E-state index in [0.29, 0.717) is 51.6 Å². The number of carboxylic acids is 1. The highest BCUT2D eigenvalue weighted by Gasteiger charge is 2.55. The van der Waals surface area contributed by atoms with Gasteiger partial charge in [-0.1, -0.05) is 17.3 Å². The molecule has 3 aliphatic rings. The second-order valence-corrected chi connectivity index (χ2v) is 7.42. The number of hydrogen-bond donors (Lipinski definition) is 2. The molecule has 1 aromatic carbocycles. The van der Waals surface area contributed by atoms with Crippen molar-refractivity contribution in [3.63, 3.8) is 0 Å². The fourth-order valence-corrected chi connectivity index (χ4v) is 4.39. The van der Waals surface area contributed by atoms with E-state index in [9.17, 15) is 14.7 Å². The lowest BCUT2D eigenvalue weighted by molar-refractivity contribution is -0.163. The summed E-state index contributed by atoms with van der Waals surface area (Å²) in [6, 6.07) is 7.74. The molecule has 5 rings (SSSR count). The van der Waals surface area contributed by atoms with E-state index in [4.69, 9.17) is 0 Å². The summed E-state index contributed by atoms with van der Waals surface area (Å²) in [5.41, 5.74) is 0.844. The molecule has 132 valence electrons. The van der Waals surface area contributed by atoms with Crippen molar-refractivity contribution in [1.29, 1.82) is 0 Å². The Labute approximate surface area is 145 Å². The highest BCUT2D eigenvalue weighted by atomic mass is 16.4. The Morgan fingerprint density at radius 3 is 2.40 bits per heavy atom. The number of aromatic nitrogens is 3. The van der Waals surface area contributed by atoms with Gasteiger partial charge in [0.1, 0.15) is 5.52 Å². The Balaban J connectivity index is 1.36. The van der Waals surface area contributed by atoms with Gasteiger partial charge >= 0.3 is 5.97 Å². The molecule has 0 atom stereocenters. The quantitative estimate of drug-likeness (QED) is 0.866. The topological polar surface area (TPSA) is 97.1 Å². The lowest BCUT2D eigenvalue weighted by Gasteiger charge is -2.50. The Morgan fingerprint density at radius 1 is 1.08 bits per heavy atom. The Morgan fingerprint density at radius 2 is 1.72 bits per heavy atom. The number of nitrogens with zero attached hydrogens (tertiary/aromatic N) is 3. The molecule has 2 N–H and O–H groups in total. The van der Waals surface area contributed by atoms with E-state index in [1.807, 2.05) is 24.3 Å². The molecular weight excluding hydrogens is 320 g/mol. The first-order chi connectivity index (χ1) is 12.0. The number of hydrogen-bond acceptors (Lipinski definition) is 4. The summed E-state index contributed by atoms with van der Waals surface area (Å²) < 4.78 is 1.80. The largest absolute Gasteiger partial charge is 0.481 e. The van der Waals surface area contributed by atoms with Gasteiger partial charge in [0.15, 0.2) is 0 Å². The van der Waals surface area contributed by atoms with E-state index in [2.05, 4.69) is 15.6 Å². The van der Waals surface area contributed by atoms with Crippen LogP contribution >= 0.6 is 0 Å². The maximum absolute atomic E-state index is 12.7. The molecule has 25 heavy (non-hydrogen) atoms. The van der Waals surface area contributed by atoms with Gasteiger partial charge in [0, 0.05) is 12.0 Å². The fourth-order valence-electron chi connectivity index (χ4n) is 4.39. The van der Waals surface area contributed by atoms with Crippen molar-refractivity contribution in [3.8, 4) is 0 Å². The molecule has 3 aliphatic carbocycles. The number of rotatable bonds is 5. The minimum absolute atomic E-state index is 0.0654. The predicted octanol–water partition coefficient (Wildman–Crippen LogP) is 1.97. The van der Waals surface area contributed by atoms with Gasteiger partial charge in [0.25, 0.3) is 0 Å². The first-order valence-electron chi connectivity index (χ1n) is 8.85. The van der Waals surface area contributed by atoms with Crippen molar-refractivity contribution in [2.24, 2.45) is 10.8 Å². The summed E-state index contributed by atoms with van der Waals surface area (Å²) in [5.74, 6) is -0.630. The van der Waals surface area contributed by atoms with Crippen LogP contribution in [0.15, 0.2) is 24.3 Å². The van der Waals surface area contributed by atoms with Crippen LogP contribution in [-0.4, -0.2) is 38.5 Å². The minimum Gasteiger partial charge on any atom is -0.481 e. The van der Waals surface area contributed by atoms with Gasteiger partial charge in [0.05, 0.1) is 17.5 Å². The van der Waals surface area contributed by atoms with E-state index < -0.39 is 11.4 Å². The predicted molar refractivity (Wildman–Crippen MR) is 90.7 cm³/mol. The van der Waals surface area contributed by atoms with Gasteiger partial charge < -0.3 is 10.4 Å². The minimum atomic E-state index is -0.695. The van der Waals surface area contributed by atoms with Crippen molar-refractivity contribution in [2.45, 2.75) is 45.1 Å². The number of nitrogens with one attached hydrogen (secondary N) is 1. The van der Waals surface area contributed by atoms with E-state index >= 15 is 0 Å². The summed E-state index contributed by atoms with van der Waals surface area (Å²) in [7, 11) is 0. The average Bonchev–Trinajstić information content (AvgIpc) is 3.06. The summed E-state index contributed by atoms with van der Waals surface area (Å²) in [5, 5.41) is 20.7. The van der Waals surface area contributed by atoms with Crippen LogP contribution in [0.4, 0.5) is 0 Å². The van der Waals surface area contributed by atoms with E-state index in [1.54, 1.807) is 4.68 Å². The van der Waals surface area contributed by atoms with Gasteiger partial charge in [-0.05, 0) is 50.7 Å². The smallest absolute Gasteiger partial charge is 0.309 e. The van der Waals surface area contributed by atoms with Gasteiger partial charge in [-0.2, -0.15) is 0 Å². The van der Waals surface area contributed by atoms with Crippen molar-refractivity contribution in [1.82, 2.24) is 20.3 Å². The van der Waals surface area contributed by atoms with Gasteiger partial charge in [-0.25, -0.2) is 4.68 Å². The third-order valence-electron chi connectivity index (χ3n) is 6.21. The Kier molecular flexibility index (Phi) is 3.74. The Hall–Kier alpha value is -2.44. The molecule has 0 radical (unpaired) electrons. The second-order valence-electron chi connectivity index (χ2n) is 7.42. The van der Waals surface area contributed by atoms with Crippen LogP contribution in [0.5, 0.6) is 0 Å². The molecular formula is C18H22N4O3. The molecule has 1 heterocycles. The summed E-state index contributed by atoms with van der Waals surface area (Å²) in [4.78, 5) is 24.2. The molecule has 0 aliphatic heterocycles. The molecule has 7 nitrogen and oxygen atoms in total. The first-order valence-corrected chi connectivity index (χ1v) is 8.85. The number of carbonyl (C=O) groups excluding carboxylic acids is 1. The number of aliphatic carboxylic acids is 1. The molecule has 0 spiro atoms. The fraction of sp³-hybridized carbons (Fsp3) is 0.556. The molecule has 7 heteroatoms. The van der Waals surface area contributed by atoms with Crippen LogP contribution in [0, 0.1) is 10.8 Å². The SMILES string of the molecule is O=C(O)C12CCC(C(=O)NCCn3nnc4ccccc43)(CC1)CC2. The van der Waals surface area contributed by atoms with Gasteiger partial charge in [-0.3, -0.25) is 9.59 Å². The number of benzene rings is 1.